The fraction of sp³-hybridized carbons (Fsp3) is 0.649. The molecule has 8 heteroatoms. The Morgan fingerprint density at radius 3 is 1.47 bits per heavy atom. The van der Waals surface area contributed by atoms with Crippen LogP contribution in [0.1, 0.15) is 103 Å². The van der Waals surface area contributed by atoms with Gasteiger partial charge in [-0.2, -0.15) is 0 Å². The van der Waals surface area contributed by atoms with Crippen molar-refractivity contribution in [3.8, 4) is 23.0 Å². The highest BCUT2D eigenvalue weighted by Gasteiger charge is 2.25. The van der Waals surface area contributed by atoms with Crippen LogP contribution in [0.25, 0.3) is 0 Å². The third-order valence-electron chi connectivity index (χ3n) is 7.97. The van der Waals surface area contributed by atoms with E-state index in [0.717, 1.165) is 19.3 Å². The summed E-state index contributed by atoms with van der Waals surface area (Å²) in [5.74, 6) is 1.32. The lowest BCUT2D eigenvalue weighted by Gasteiger charge is -2.24. The number of rotatable bonds is 18. The molecule has 2 aromatic rings. The van der Waals surface area contributed by atoms with Crippen molar-refractivity contribution < 1.29 is 38.3 Å². The summed E-state index contributed by atoms with van der Waals surface area (Å²) in [6, 6.07) is 14.8. The maximum absolute atomic E-state index is 12.2. The van der Waals surface area contributed by atoms with E-state index in [9.17, 15) is 9.90 Å². The van der Waals surface area contributed by atoms with Crippen LogP contribution in [0.3, 0.4) is 0 Å². The molecule has 1 atom stereocenters. The second kappa shape index (κ2) is 23.4. The number of unbranched alkanes of at least 4 members (excludes halogenated alkanes) is 13. The highest BCUT2D eigenvalue weighted by molar-refractivity contribution is 5.72. The van der Waals surface area contributed by atoms with Crippen LogP contribution in [0.4, 0.5) is 0 Å². The van der Waals surface area contributed by atoms with Crippen molar-refractivity contribution in [2.75, 3.05) is 39.6 Å². The monoisotopic (exact) mass is 628 g/mol. The molecule has 1 aliphatic heterocycles. The van der Waals surface area contributed by atoms with Crippen LogP contribution in [0.2, 0.25) is 0 Å². The molecule has 8 nitrogen and oxygen atoms in total. The van der Waals surface area contributed by atoms with E-state index in [1.165, 1.54) is 70.6 Å². The van der Waals surface area contributed by atoms with Gasteiger partial charge < -0.3 is 33.5 Å². The van der Waals surface area contributed by atoms with Gasteiger partial charge in [0.05, 0.1) is 13.2 Å². The summed E-state index contributed by atoms with van der Waals surface area (Å²) >= 11 is 0. The van der Waals surface area contributed by atoms with Gasteiger partial charge in [0.2, 0.25) is 0 Å². The van der Waals surface area contributed by atoms with Crippen LogP contribution in [-0.4, -0.2) is 62.9 Å². The number of fused-ring (bicyclic) bond motifs is 2. The molecule has 1 N–H and O–H groups in total. The Balaban J connectivity index is 1.47. The molecule has 0 spiro atoms. The fourth-order valence-corrected chi connectivity index (χ4v) is 5.40. The summed E-state index contributed by atoms with van der Waals surface area (Å²) in [5, 5.41) is 10.00. The quantitative estimate of drug-likeness (QED) is 0.164. The van der Waals surface area contributed by atoms with E-state index in [1.807, 2.05) is 48.5 Å². The van der Waals surface area contributed by atoms with Crippen LogP contribution in [-0.2, 0) is 14.3 Å². The number of aliphatic carboxylic acids is 1. The minimum atomic E-state index is -0.968. The van der Waals surface area contributed by atoms with Crippen molar-refractivity contribution >= 4 is 5.97 Å². The largest absolute Gasteiger partial charge is 0.487 e. The number of carbonyl (C=O) groups is 1. The molecule has 3 rings (SSSR count). The molecule has 0 aliphatic carbocycles. The van der Waals surface area contributed by atoms with E-state index < -0.39 is 18.2 Å². The highest BCUT2D eigenvalue weighted by Crippen LogP contribution is 2.29. The molecule has 0 saturated heterocycles. The molecule has 0 fully saturated rings. The van der Waals surface area contributed by atoms with Crippen LogP contribution in [0, 0.1) is 0 Å². The van der Waals surface area contributed by atoms with Crippen molar-refractivity contribution in [2.45, 2.75) is 115 Å². The minimum absolute atomic E-state index is 0.0996. The van der Waals surface area contributed by atoms with Gasteiger partial charge in [-0.05, 0) is 30.7 Å². The predicted molar refractivity (Wildman–Crippen MR) is 177 cm³/mol. The maximum Gasteiger partial charge on any atom is 0.332 e. The lowest BCUT2D eigenvalue weighted by Crippen LogP contribution is -2.36. The predicted octanol–water partition coefficient (Wildman–Crippen LogP) is 8.64. The zero-order valence-corrected chi connectivity index (χ0v) is 27.4. The fourth-order valence-electron chi connectivity index (χ4n) is 5.40. The minimum Gasteiger partial charge on any atom is -0.487 e. The molecule has 252 valence electrons. The van der Waals surface area contributed by atoms with Gasteiger partial charge >= 0.3 is 5.97 Å². The number of hydrogen-bond donors (Lipinski definition) is 1. The lowest BCUT2D eigenvalue weighted by molar-refractivity contribution is -0.157. The van der Waals surface area contributed by atoms with E-state index in [4.69, 9.17) is 28.4 Å². The van der Waals surface area contributed by atoms with Gasteiger partial charge in [-0.3, -0.25) is 0 Å². The zero-order chi connectivity index (χ0) is 31.8. The molecule has 0 saturated carbocycles. The Kier molecular flexibility index (Phi) is 19.0. The van der Waals surface area contributed by atoms with E-state index >= 15 is 0 Å². The zero-order valence-electron chi connectivity index (χ0n) is 27.4. The van der Waals surface area contributed by atoms with E-state index in [2.05, 4.69) is 6.92 Å². The number of benzene rings is 2. The van der Waals surface area contributed by atoms with E-state index in [0.29, 0.717) is 55.8 Å². The first-order chi connectivity index (χ1) is 22.2. The summed E-state index contributed by atoms with van der Waals surface area (Å²) in [7, 11) is 0. The van der Waals surface area contributed by atoms with Gasteiger partial charge in [0.25, 0.3) is 0 Å². The maximum atomic E-state index is 12.2. The number of ether oxygens (including phenoxy) is 6. The van der Waals surface area contributed by atoms with Gasteiger partial charge in [0.1, 0.15) is 32.5 Å². The van der Waals surface area contributed by atoms with Crippen molar-refractivity contribution in [1.82, 2.24) is 0 Å². The SMILES string of the molecule is CCCCCCCCCCCCCCCCC(OC1COc2ccccc2OCCOCCOc2ccccc2OC1)C(=O)O. The van der Waals surface area contributed by atoms with E-state index in [1.54, 1.807) is 0 Å². The lowest BCUT2D eigenvalue weighted by atomic mass is 10.0. The Hall–Kier alpha value is -2.97. The van der Waals surface area contributed by atoms with Crippen molar-refractivity contribution in [1.29, 1.82) is 0 Å². The molecule has 0 aromatic heterocycles. The molecule has 45 heavy (non-hydrogen) atoms. The summed E-state index contributed by atoms with van der Waals surface area (Å²) in [6.45, 7) is 3.99. The average molecular weight is 629 g/mol. The molecule has 2 aromatic carbocycles. The summed E-state index contributed by atoms with van der Waals surface area (Å²) in [5.41, 5.74) is 0. The van der Waals surface area contributed by atoms with Gasteiger partial charge in [0, 0.05) is 0 Å². The molecule has 0 amide bonds. The molecule has 0 radical (unpaired) electrons. The number of para-hydroxylation sites is 4. The summed E-state index contributed by atoms with van der Waals surface area (Å²) in [4.78, 5) is 12.2. The standard InChI is InChI=1S/C37H56O8/c1-2-3-4-5-6-7-8-9-10-11-12-13-14-15-24-36(37(38)39)45-31-29-43-34-22-18-16-20-32(34)41-27-25-40-26-28-42-33-21-17-19-23-35(33)44-30-31/h16-23,31,36H,2-15,24-30H2,1H3,(H,38,39). The van der Waals surface area contributed by atoms with Crippen molar-refractivity contribution in [3.05, 3.63) is 48.5 Å². The van der Waals surface area contributed by atoms with Gasteiger partial charge in [-0.15, -0.1) is 0 Å². The van der Waals surface area contributed by atoms with Gasteiger partial charge in [-0.25, -0.2) is 4.79 Å². The Labute approximate surface area is 270 Å². The molecule has 1 aliphatic rings. The van der Waals surface area contributed by atoms with Gasteiger partial charge in [0.15, 0.2) is 29.1 Å². The second-order valence-corrected chi connectivity index (χ2v) is 11.8. The first-order valence-electron chi connectivity index (χ1n) is 17.3. The highest BCUT2D eigenvalue weighted by atomic mass is 16.6. The van der Waals surface area contributed by atoms with Crippen LogP contribution < -0.4 is 18.9 Å². The summed E-state index contributed by atoms with van der Waals surface area (Å²) < 4.78 is 35.7. The van der Waals surface area contributed by atoms with E-state index in [-0.39, 0.29) is 13.2 Å². The average Bonchev–Trinajstić information content (AvgIpc) is 3.05. The number of carboxylic acid groups (broad SMARTS) is 1. The van der Waals surface area contributed by atoms with Crippen molar-refractivity contribution in [3.63, 3.8) is 0 Å². The van der Waals surface area contributed by atoms with Crippen LogP contribution in [0.15, 0.2) is 48.5 Å². The smallest absolute Gasteiger partial charge is 0.332 e. The Bertz CT molecular complexity index is 989. The van der Waals surface area contributed by atoms with Crippen LogP contribution >= 0.6 is 0 Å². The molecular formula is C37H56O8. The molecule has 1 unspecified atom stereocenters. The normalized spacial score (nSPS) is 15.4. The number of hydrogen-bond acceptors (Lipinski definition) is 7. The Morgan fingerprint density at radius 1 is 0.644 bits per heavy atom. The third kappa shape index (κ3) is 15.7. The molecular weight excluding hydrogens is 572 g/mol. The second-order valence-electron chi connectivity index (χ2n) is 11.8. The summed E-state index contributed by atoms with van der Waals surface area (Å²) in [6.07, 6.45) is 16.4. The van der Waals surface area contributed by atoms with Gasteiger partial charge in [-0.1, -0.05) is 121 Å². The van der Waals surface area contributed by atoms with Crippen molar-refractivity contribution in [2.24, 2.45) is 0 Å². The number of carboxylic acids is 1. The third-order valence-corrected chi connectivity index (χ3v) is 7.97. The molecule has 1 heterocycles. The first-order valence-corrected chi connectivity index (χ1v) is 17.3. The molecule has 0 bridgehead atoms. The Morgan fingerprint density at radius 2 is 1.04 bits per heavy atom. The first kappa shape index (κ1) is 36.5. The topological polar surface area (TPSA) is 92.7 Å². The van der Waals surface area contributed by atoms with Crippen LogP contribution in [0.5, 0.6) is 23.0 Å².